The molecule has 1 aliphatic heterocycles. The predicted molar refractivity (Wildman–Crippen MR) is 95.6 cm³/mol. The Bertz CT molecular complexity index is 693. The molecule has 2 fully saturated rings. The Kier molecular flexibility index (Phi) is 5.25. The van der Waals surface area contributed by atoms with Gasteiger partial charge in [-0.25, -0.2) is 4.79 Å². The maximum atomic E-state index is 12.4. The van der Waals surface area contributed by atoms with Gasteiger partial charge in [0.05, 0.1) is 19.6 Å². The molecule has 1 aliphatic carbocycles. The van der Waals surface area contributed by atoms with E-state index in [4.69, 9.17) is 9.47 Å². The zero-order valence-electron chi connectivity index (χ0n) is 15.3. The van der Waals surface area contributed by atoms with Crippen molar-refractivity contribution in [3.63, 3.8) is 0 Å². The molecule has 1 aromatic carbocycles. The summed E-state index contributed by atoms with van der Waals surface area (Å²) in [6.07, 6.45) is 3.16. The topological polar surface area (TPSA) is 88.1 Å². The second-order valence-electron chi connectivity index (χ2n) is 7.10. The molecular weight excluding hydrogens is 336 g/mol. The highest BCUT2D eigenvalue weighted by molar-refractivity contribution is 5.80. The highest BCUT2D eigenvalue weighted by atomic mass is 16.5. The third kappa shape index (κ3) is 3.30. The third-order valence-corrected chi connectivity index (χ3v) is 5.72. The van der Waals surface area contributed by atoms with E-state index >= 15 is 0 Å². The first-order valence-electron chi connectivity index (χ1n) is 8.97. The SMILES string of the molecule is COc1ccc(CCNC(=O)N2C[C@@H]3CCC[C@@]3(C(=O)O)C2)cc1OC. The van der Waals surface area contributed by atoms with Crippen LogP contribution in [0.1, 0.15) is 24.8 Å². The number of urea groups is 1. The van der Waals surface area contributed by atoms with Crippen LogP contribution in [0.5, 0.6) is 11.5 Å². The van der Waals surface area contributed by atoms with E-state index in [2.05, 4.69) is 5.32 Å². The number of carboxylic acids is 1. The number of carboxylic acid groups (broad SMARTS) is 1. The Labute approximate surface area is 153 Å². The summed E-state index contributed by atoms with van der Waals surface area (Å²) in [5.74, 6) is 0.646. The van der Waals surface area contributed by atoms with Gasteiger partial charge in [0.2, 0.25) is 0 Å². The van der Waals surface area contributed by atoms with Gasteiger partial charge in [0, 0.05) is 19.6 Å². The van der Waals surface area contributed by atoms with Crippen LogP contribution >= 0.6 is 0 Å². The first kappa shape index (κ1) is 18.4. The summed E-state index contributed by atoms with van der Waals surface area (Å²) >= 11 is 0. The predicted octanol–water partition coefficient (Wildman–Crippen LogP) is 2.14. The van der Waals surface area contributed by atoms with Crippen molar-refractivity contribution in [1.82, 2.24) is 10.2 Å². The minimum absolute atomic E-state index is 0.0802. The molecule has 1 aromatic rings. The minimum atomic E-state index is -0.763. The molecule has 0 aromatic heterocycles. The number of rotatable bonds is 6. The first-order valence-corrected chi connectivity index (χ1v) is 8.97. The van der Waals surface area contributed by atoms with E-state index in [1.54, 1.807) is 19.1 Å². The lowest BCUT2D eigenvalue weighted by atomic mass is 9.81. The zero-order chi connectivity index (χ0) is 18.7. The molecule has 2 aliphatic rings. The van der Waals surface area contributed by atoms with Crippen molar-refractivity contribution in [2.24, 2.45) is 11.3 Å². The lowest BCUT2D eigenvalue weighted by Crippen LogP contribution is -2.42. The lowest BCUT2D eigenvalue weighted by Gasteiger charge is -2.23. The van der Waals surface area contributed by atoms with E-state index in [1.165, 1.54) is 0 Å². The molecule has 3 rings (SSSR count). The van der Waals surface area contributed by atoms with Crippen LogP contribution in [0.4, 0.5) is 4.79 Å². The largest absolute Gasteiger partial charge is 0.493 e. The summed E-state index contributed by atoms with van der Waals surface area (Å²) in [5, 5.41) is 12.5. The number of methoxy groups -OCH3 is 2. The highest BCUT2D eigenvalue weighted by Crippen LogP contribution is 2.48. The molecule has 2 N–H and O–H groups in total. The maximum Gasteiger partial charge on any atom is 0.317 e. The van der Waals surface area contributed by atoms with Crippen LogP contribution in [0.2, 0.25) is 0 Å². The van der Waals surface area contributed by atoms with E-state index in [-0.39, 0.29) is 11.9 Å². The molecule has 0 radical (unpaired) electrons. The van der Waals surface area contributed by atoms with Gasteiger partial charge in [0.25, 0.3) is 0 Å². The standard InChI is InChI=1S/C19H26N2O5/c1-25-15-6-5-13(10-16(15)26-2)7-9-20-18(24)21-11-14-4-3-8-19(14,12-21)17(22)23/h5-6,10,14H,3-4,7-9,11-12H2,1-2H3,(H,20,24)(H,22,23)/t14-,19+/m0/s1. The summed E-state index contributed by atoms with van der Waals surface area (Å²) in [6.45, 7) is 1.33. The molecule has 2 amide bonds. The van der Waals surface area contributed by atoms with E-state index in [9.17, 15) is 14.7 Å². The lowest BCUT2D eigenvalue weighted by molar-refractivity contribution is -0.149. The van der Waals surface area contributed by atoms with E-state index in [0.717, 1.165) is 18.4 Å². The van der Waals surface area contributed by atoms with Crippen LogP contribution in [0, 0.1) is 11.3 Å². The van der Waals surface area contributed by atoms with Gasteiger partial charge in [-0.2, -0.15) is 0 Å². The van der Waals surface area contributed by atoms with Gasteiger partial charge in [0.1, 0.15) is 0 Å². The molecule has 2 atom stereocenters. The monoisotopic (exact) mass is 362 g/mol. The fraction of sp³-hybridized carbons (Fsp3) is 0.579. The van der Waals surface area contributed by atoms with Gasteiger partial charge in [0.15, 0.2) is 11.5 Å². The van der Waals surface area contributed by atoms with Crippen molar-refractivity contribution in [1.29, 1.82) is 0 Å². The number of likely N-dealkylation sites (tertiary alicyclic amines) is 1. The minimum Gasteiger partial charge on any atom is -0.493 e. The summed E-state index contributed by atoms with van der Waals surface area (Å²) < 4.78 is 10.5. The molecule has 0 spiro atoms. The number of hydrogen-bond acceptors (Lipinski definition) is 4. The number of carbonyl (C=O) groups excluding carboxylic acids is 1. The Morgan fingerprint density at radius 2 is 2.08 bits per heavy atom. The van der Waals surface area contributed by atoms with Crippen LogP contribution in [-0.4, -0.2) is 55.9 Å². The van der Waals surface area contributed by atoms with E-state index in [0.29, 0.717) is 44.0 Å². The molecule has 7 heteroatoms. The molecule has 1 saturated carbocycles. The van der Waals surface area contributed by atoms with Crippen LogP contribution in [-0.2, 0) is 11.2 Å². The second-order valence-corrected chi connectivity index (χ2v) is 7.10. The molecule has 7 nitrogen and oxygen atoms in total. The van der Waals surface area contributed by atoms with Gasteiger partial charge < -0.3 is 24.8 Å². The van der Waals surface area contributed by atoms with Crippen molar-refractivity contribution in [2.75, 3.05) is 33.9 Å². The van der Waals surface area contributed by atoms with Crippen LogP contribution in [0.15, 0.2) is 18.2 Å². The van der Waals surface area contributed by atoms with Gasteiger partial charge in [-0.3, -0.25) is 4.79 Å². The Morgan fingerprint density at radius 1 is 1.31 bits per heavy atom. The number of benzene rings is 1. The van der Waals surface area contributed by atoms with Crippen LogP contribution < -0.4 is 14.8 Å². The smallest absolute Gasteiger partial charge is 0.317 e. The average Bonchev–Trinajstić information content (AvgIpc) is 3.20. The number of amides is 2. The summed E-state index contributed by atoms with van der Waals surface area (Å²) in [6, 6.07) is 5.49. The molecule has 0 unspecified atom stereocenters. The molecular formula is C19H26N2O5. The first-order chi connectivity index (χ1) is 12.5. The normalized spacial score (nSPS) is 24.2. The van der Waals surface area contributed by atoms with Crippen LogP contribution in [0.25, 0.3) is 0 Å². The number of fused-ring (bicyclic) bond motifs is 1. The Hall–Kier alpha value is -2.44. The Morgan fingerprint density at radius 3 is 2.73 bits per heavy atom. The molecule has 1 saturated heterocycles. The quantitative estimate of drug-likeness (QED) is 0.809. The molecule has 26 heavy (non-hydrogen) atoms. The highest BCUT2D eigenvalue weighted by Gasteiger charge is 2.55. The third-order valence-electron chi connectivity index (χ3n) is 5.72. The fourth-order valence-electron chi connectivity index (χ4n) is 4.26. The zero-order valence-corrected chi connectivity index (χ0v) is 15.3. The summed E-state index contributed by atoms with van der Waals surface area (Å²) in [5.41, 5.74) is 0.295. The Balaban J connectivity index is 1.53. The van der Waals surface area contributed by atoms with E-state index in [1.807, 2.05) is 18.2 Å². The van der Waals surface area contributed by atoms with Crippen molar-refractivity contribution < 1.29 is 24.2 Å². The summed E-state index contributed by atoms with van der Waals surface area (Å²) in [4.78, 5) is 25.8. The average molecular weight is 362 g/mol. The number of nitrogens with one attached hydrogen (secondary N) is 1. The number of carbonyl (C=O) groups is 2. The maximum absolute atomic E-state index is 12.4. The van der Waals surface area contributed by atoms with Crippen LogP contribution in [0.3, 0.4) is 0 Å². The van der Waals surface area contributed by atoms with Gasteiger partial charge in [-0.1, -0.05) is 12.5 Å². The van der Waals surface area contributed by atoms with Crippen molar-refractivity contribution in [3.8, 4) is 11.5 Å². The van der Waals surface area contributed by atoms with Crippen molar-refractivity contribution in [3.05, 3.63) is 23.8 Å². The molecule has 142 valence electrons. The fourth-order valence-corrected chi connectivity index (χ4v) is 4.26. The van der Waals surface area contributed by atoms with Crippen molar-refractivity contribution in [2.45, 2.75) is 25.7 Å². The van der Waals surface area contributed by atoms with Gasteiger partial charge >= 0.3 is 12.0 Å². The number of aliphatic carboxylic acids is 1. The summed E-state index contributed by atoms with van der Waals surface area (Å²) in [7, 11) is 3.18. The number of nitrogens with zero attached hydrogens (tertiary/aromatic N) is 1. The second kappa shape index (κ2) is 7.43. The van der Waals surface area contributed by atoms with Crippen molar-refractivity contribution >= 4 is 12.0 Å². The number of hydrogen-bond donors (Lipinski definition) is 2. The number of ether oxygens (including phenoxy) is 2. The molecule has 1 heterocycles. The van der Waals surface area contributed by atoms with Gasteiger partial charge in [-0.15, -0.1) is 0 Å². The molecule has 0 bridgehead atoms. The van der Waals surface area contributed by atoms with E-state index < -0.39 is 11.4 Å². The van der Waals surface area contributed by atoms with Gasteiger partial charge in [-0.05, 0) is 42.9 Å².